The Hall–Kier alpha value is -0.550. The molecule has 0 bridgehead atoms. The number of likely N-dealkylation sites (tertiary alicyclic amines) is 1. The van der Waals surface area contributed by atoms with Gasteiger partial charge in [0, 0.05) is 5.92 Å². The van der Waals surface area contributed by atoms with Crippen LogP contribution in [0.3, 0.4) is 0 Å². The van der Waals surface area contributed by atoms with Gasteiger partial charge in [0.15, 0.2) is 0 Å². The highest BCUT2D eigenvalue weighted by molar-refractivity contribution is 4.79. The summed E-state index contributed by atoms with van der Waals surface area (Å²) in [5.74, 6) is 0.232. The number of rotatable bonds is 3. The molecule has 1 aliphatic heterocycles. The number of hydrogen-bond acceptors (Lipinski definition) is 2. The SMILES string of the molecule is CC(C#N)CCN1CCCC1. The summed E-state index contributed by atoms with van der Waals surface area (Å²) in [6.45, 7) is 5.61. The minimum Gasteiger partial charge on any atom is -0.303 e. The lowest BCUT2D eigenvalue weighted by atomic mass is 10.1. The van der Waals surface area contributed by atoms with Crippen molar-refractivity contribution in [2.45, 2.75) is 26.2 Å². The van der Waals surface area contributed by atoms with Crippen LogP contribution in [0.2, 0.25) is 0 Å². The van der Waals surface area contributed by atoms with Crippen molar-refractivity contribution < 1.29 is 0 Å². The summed E-state index contributed by atoms with van der Waals surface area (Å²) in [7, 11) is 0. The molecule has 1 rings (SSSR count). The van der Waals surface area contributed by atoms with Crippen LogP contribution in [0.5, 0.6) is 0 Å². The Morgan fingerprint density at radius 1 is 1.45 bits per heavy atom. The summed E-state index contributed by atoms with van der Waals surface area (Å²) in [6.07, 6.45) is 3.73. The van der Waals surface area contributed by atoms with Crippen molar-refractivity contribution in [1.82, 2.24) is 4.90 Å². The van der Waals surface area contributed by atoms with Crippen molar-refractivity contribution in [3.63, 3.8) is 0 Å². The molecule has 0 aromatic rings. The quantitative estimate of drug-likeness (QED) is 0.614. The van der Waals surface area contributed by atoms with Crippen LogP contribution in [-0.4, -0.2) is 24.5 Å². The van der Waals surface area contributed by atoms with E-state index in [-0.39, 0.29) is 5.92 Å². The molecule has 1 heterocycles. The van der Waals surface area contributed by atoms with Gasteiger partial charge >= 0.3 is 0 Å². The molecule has 1 unspecified atom stereocenters. The third-order valence-electron chi connectivity index (χ3n) is 2.30. The lowest BCUT2D eigenvalue weighted by Crippen LogP contribution is -2.21. The van der Waals surface area contributed by atoms with Crippen molar-refractivity contribution in [1.29, 1.82) is 5.26 Å². The Morgan fingerprint density at radius 2 is 2.09 bits per heavy atom. The van der Waals surface area contributed by atoms with E-state index in [0.717, 1.165) is 13.0 Å². The van der Waals surface area contributed by atoms with Gasteiger partial charge in [-0.15, -0.1) is 0 Å². The van der Waals surface area contributed by atoms with E-state index in [1.165, 1.54) is 25.9 Å². The Bertz CT molecular complexity index is 142. The highest BCUT2D eigenvalue weighted by Crippen LogP contribution is 2.09. The van der Waals surface area contributed by atoms with Crippen molar-refractivity contribution in [2.24, 2.45) is 5.92 Å². The first kappa shape index (κ1) is 8.55. The Balaban J connectivity index is 2.07. The van der Waals surface area contributed by atoms with E-state index in [1.807, 2.05) is 6.92 Å². The van der Waals surface area contributed by atoms with Crippen molar-refractivity contribution >= 4 is 0 Å². The molecule has 0 aromatic carbocycles. The van der Waals surface area contributed by atoms with Gasteiger partial charge in [-0.1, -0.05) is 0 Å². The van der Waals surface area contributed by atoms with Gasteiger partial charge in [0.2, 0.25) is 0 Å². The predicted octanol–water partition coefficient (Wildman–Crippen LogP) is 1.63. The zero-order valence-electron chi connectivity index (χ0n) is 7.21. The van der Waals surface area contributed by atoms with E-state index in [1.54, 1.807) is 0 Å². The molecule has 1 aliphatic rings. The van der Waals surface area contributed by atoms with Gasteiger partial charge in [-0.2, -0.15) is 5.26 Å². The maximum Gasteiger partial charge on any atom is 0.0653 e. The molecule has 1 fully saturated rings. The van der Waals surface area contributed by atoms with E-state index in [4.69, 9.17) is 5.26 Å². The summed E-state index contributed by atoms with van der Waals surface area (Å²) < 4.78 is 0. The second-order valence-corrected chi connectivity index (χ2v) is 3.37. The van der Waals surface area contributed by atoms with E-state index < -0.39 is 0 Å². The third-order valence-corrected chi connectivity index (χ3v) is 2.30. The van der Waals surface area contributed by atoms with Gasteiger partial charge in [-0.25, -0.2) is 0 Å². The van der Waals surface area contributed by atoms with Crippen molar-refractivity contribution in [3.8, 4) is 6.07 Å². The summed E-state index contributed by atoms with van der Waals surface area (Å²) in [5, 5.41) is 8.54. The molecule has 1 atom stereocenters. The van der Waals surface area contributed by atoms with Crippen LogP contribution in [-0.2, 0) is 0 Å². The average molecular weight is 152 g/mol. The fraction of sp³-hybridized carbons (Fsp3) is 0.889. The Kier molecular flexibility index (Phi) is 3.38. The van der Waals surface area contributed by atoms with Crippen LogP contribution in [0.4, 0.5) is 0 Å². The van der Waals surface area contributed by atoms with Crippen LogP contribution in [0, 0.1) is 17.2 Å². The van der Waals surface area contributed by atoms with Gasteiger partial charge in [-0.3, -0.25) is 0 Å². The normalized spacial score (nSPS) is 21.5. The van der Waals surface area contributed by atoms with E-state index in [0.29, 0.717) is 0 Å². The number of nitrogens with zero attached hydrogens (tertiary/aromatic N) is 2. The minimum atomic E-state index is 0.232. The maximum atomic E-state index is 8.54. The standard InChI is InChI=1S/C9H16N2/c1-9(8-10)4-7-11-5-2-3-6-11/h9H,2-7H2,1H3. The van der Waals surface area contributed by atoms with Gasteiger partial charge in [-0.05, 0) is 45.8 Å². The van der Waals surface area contributed by atoms with Gasteiger partial charge in [0.05, 0.1) is 6.07 Å². The molecular formula is C9H16N2. The minimum absolute atomic E-state index is 0.232. The molecule has 0 radical (unpaired) electrons. The molecule has 0 spiro atoms. The van der Waals surface area contributed by atoms with Crippen LogP contribution < -0.4 is 0 Å². The molecule has 62 valence electrons. The fourth-order valence-corrected chi connectivity index (χ4v) is 1.45. The van der Waals surface area contributed by atoms with Crippen LogP contribution in [0.25, 0.3) is 0 Å². The molecule has 0 amide bonds. The first-order valence-corrected chi connectivity index (χ1v) is 4.45. The summed E-state index contributed by atoms with van der Waals surface area (Å²) in [4.78, 5) is 2.45. The van der Waals surface area contributed by atoms with E-state index in [9.17, 15) is 0 Å². The van der Waals surface area contributed by atoms with Crippen LogP contribution in [0.1, 0.15) is 26.2 Å². The fourth-order valence-electron chi connectivity index (χ4n) is 1.45. The summed E-state index contributed by atoms with van der Waals surface area (Å²) in [6, 6.07) is 2.26. The average Bonchev–Trinajstić information content (AvgIpc) is 2.52. The Labute approximate surface area is 68.8 Å². The molecule has 0 saturated carbocycles. The largest absolute Gasteiger partial charge is 0.303 e. The summed E-state index contributed by atoms with van der Waals surface area (Å²) >= 11 is 0. The highest BCUT2D eigenvalue weighted by atomic mass is 15.1. The topological polar surface area (TPSA) is 27.0 Å². The van der Waals surface area contributed by atoms with E-state index in [2.05, 4.69) is 11.0 Å². The zero-order chi connectivity index (χ0) is 8.10. The second kappa shape index (κ2) is 4.35. The molecule has 2 nitrogen and oxygen atoms in total. The van der Waals surface area contributed by atoms with Crippen LogP contribution >= 0.6 is 0 Å². The number of hydrogen-bond donors (Lipinski definition) is 0. The molecule has 2 heteroatoms. The third kappa shape index (κ3) is 2.90. The molecule has 0 aliphatic carbocycles. The molecule has 11 heavy (non-hydrogen) atoms. The smallest absolute Gasteiger partial charge is 0.0653 e. The van der Waals surface area contributed by atoms with Crippen LogP contribution in [0.15, 0.2) is 0 Å². The first-order valence-electron chi connectivity index (χ1n) is 4.45. The first-order chi connectivity index (χ1) is 5.33. The maximum absolute atomic E-state index is 8.54. The predicted molar refractivity (Wildman–Crippen MR) is 45.1 cm³/mol. The summed E-state index contributed by atoms with van der Waals surface area (Å²) in [5.41, 5.74) is 0. The Morgan fingerprint density at radius 3 is 2.64 bits per heavy atom. The van der Waals surface area contributed by atoms with Gasteiger partial charge in [0.25, 0.3) is 0 Å². The molecule has 0 N–H and O–H groups in total. The monoisotopic (exact) mass is 152 g/mol. The molecule has 1 saturated heterocycles. The molecular weight excluding hydrogens is 136 g/mol. The number of nitriles is 1. The van der Waals surface area contributed by atoms with Crippen molar-refractivity contribution in [2.75, 3.05) is 19.6 Å². The van der Waals surface area contributed by atoms with Gasteiger partial charge < -0.3 is 4.90 Å². The lowest BCUT2D eigenvalue weighted by Gasteiger charge is -2.14. The highest BCUT2D eigenvalue weighted by Gasteiger charge is 2.11. The van der Waals surface area contributed by atoms with Crippen molar-refractivity contribution in [3.05, 3.63) is 0 Å². The van der Waals surface area contributed by atoms with E-state index >= 15 is 0 Å². The second-order valence-electron chi connectivity index (χ2n) is 3.37. The van der Waals surface area contributed by atoms with Gasteiger partial charge in [0.1, 0.15) is 0 Å². The lowest BCUT2D eigenvalue weighted by molar-refractivity contribution is 0.321. The molecule has 0 aromatic heterocycles. The zero-order valence-corrected chi connectivity index (χ0v) is 7.21.